The smallest absolute Gasteiger partial charge is 0.489 e. The maximum absolute atomic E-state index is 12.8. The summed E-state index contributed by atoms with van der Waals surface area (Å²) in [7, 11) is -1.61. The molecule has 0 fully saturated rings. The van der Waals surface area contributed by atoms with Crippen LogP contribution in [0.5, 0.6) is 5.75 Å². The molecule has 19 heavy (non-hydrogen) atoms. The van der Waals surface area contributed by atoms with Gasteiger partial charge < -0.3 is 14.8 Å². The summed E-state index contributed by atoms with van der Waals surface area (Å²) in [5, 5.41) is 18.5. The second-order valence-electron chi connectivity index (χ2n) is 3.97. The van der Waals surface area contributed by atoms with Crippen LogP contribution in [0.3, 0.4) is 0 Å². The van der Waals surface area contributed by atoms with Crippen LogP contribution in [-0.4, -0.2) is 17.2 Å². The number of ether oxygens (including phenoxy) is 1. The van der Waals surface area contributed by atoms with Crippen molar-refractivity contribution in [3.05, 3.63) is 58.3 Å². The minimum Gasteiger partial charge on any atom is -0.489 e. The highest BCUT2D eigenvalue weighted by Gasteiger charge is 2.17. The maximum Gasteiger partial charge on any atom is 0.492 e. The minimum absolute atomic E-state index is 0.224. The first-order valence-electron chi connectivity index (χ1n) is 5.59. The van der Waals surface area contributed by atoms with E-state index < -0.39 is 7.12 Å². The Balaban J connectivity index is 2.13. The van der Waals surface area contributed by atoms with Crippen LogP contribution >= 0.6 is 15.9 Å². The molecule has 0 heterocycles. The van der Waals surface area contributed by atoms with E-state index >= 15 is 0 Å². The van der Waals surface area contributed by atoms with Crippen LogP contribution in [0.2, 0.25) is 0 Å². The van der Waals surface area contributed by atoms with E-state index in [1.807, 2.05) is 0 Å². The summed E-state index contributed by atoms with van der Waals surface area (Å²) in [6.45, 7) is 0.224. The first kappa shape index (κ1) is 14.1. The van der Waals surface area contributed by atoms with Crippen LogP contribution in [0.15, 0.2) is 46.9 Å². The molecule has 2 N–H and O–H groups in total. The molecule has 6 heteroatoms. The predicted molar refractivity (Wildman–Crippen MR) is 74.7 cm³/mol. The van der Waals surface area contributed by atoms with E-state index in [4.69, 9.17) is 4.74 Å². The zero-order valence-electron chi connectivity index (χ0n) is 9.88. The lowest BCUT2D eigenvalue weighted by Crippen LogP contribution is -2.31. The zero-order chi connectivity index (χ0) is 13.8. The summed E-state index contributed by atoms with van der Waals surface area (Å²) in [4.78, 5) is 0. The molecule has 98 valence electrons. The van der Waals surface area contributed by atoms with Gasteiger partial charge in [0.2, 0.25) is 0 Å². The van der Waals surface area contributed by atoms with Crippen molar-refractivity contribution in [1.29, 1.82) is 0 Å². The van der Waals surface area contributed by atoms with Gasteiger partial charge in [-0.05, 0) is 35.9 Å². The van der Waals surface area contributed by atoms with Crippen LogP contribution in [0, 0.1) is 5.82 Å². The number of benzene rings is 2. The number of halogens is 2. The van der Waals surface area contributed by atoms with E-state index in [9.17, 15) is 14.4 Å². The number of hydrogen-bond acceptors (Lipinski definition) is 3. The molecule has 0 atom stereocenters. The van der Waals surface area contributed by atoms with Crippen LogP contribution in [0.1, 0.15) is 5.56 Å². The third-order valence-electron chi connectivity index (χ3n) is 2.56. The Labute approximate surface area is 118 Å². The average molecular weight is 325 g/mol. The number of rotatable bonds is 4. The molecule has 0 aliphatic carbocycles. The highest BCUT2D eigenvalue weighted by Crippen LogP contribution is 2.16. The monoisotopic (exact) mass is 324 g/mol. The largest absolute Gasteiger partial charge is 0.492 e. The summed E-state index contributed by atoms with van der Waals surface area (Å²) in [5.74, 6) is 0.0707. The Hall–Kier alpha value is -1.37. The third kappa shape index (κ3) is 3.80. The Morgan fingerprint density at radius 1 is 1.11 bits per heavy atom. The molecule has 3 nitrogen and oxygen atoms in total. The van der Waals surface area contributed by atoms with Crippen molar-refractivity contribution in [2.75, 3.05) is 0 Å². The molecule has 2 aromatic carbocycles. The van der Waals surface area contributed by atoms with Gasteiger partial charge >= 0.3 is 7.12 Å². The van der Waals surface area contributed by atoms with Gasteiger partial charge in [0.15, 0.2) is 0 Å². The second-order valence-corrected chi connectivity index (χ2v) is 4.89. The van der Waals surface area contributed by atoms with Gasteiger partial charge in [0.1, 0.15) is 18.2 Å². The quantitative estimate of drug-likeness (QED) is 0.844. The predicted octanol–water partition coefficient (Wildman–Crippen LogP) is 1.85. The van der Waals surface area contributed by atoms with Gasteiger partial charge in [-0.15, -0.1) is 0 Å². The molecule has 0 amide bonds. The fraction of sp³-hybridized carbons (Fsp3) is 0.0769. The molecular weight excluding hydrogens is 314 g/mol. The Morgan fingerprint density at radius 3 is 2.42 bits per heavy atom. The van der Waals surface area contributed by atoms with Crippen molar-refractivity contribution in [2.45, 2.75) is 6.61 Å². The molecule has 0 bridgehead atoms. The molecular formula is C13H11BBrFO3. The van der Waals surface area contributed by atoms with E-state index in [0.29, 0.717) is 5.75 Å². The Bertz CT molecular complexity index is 560. The molecule has 0 aliphatic rings. The fourth-order valence-corrected chi connectivity index (χ4v) is 1.97. The lowest BCUT2D eigenvalue weighted by atomic mass is 9.79. The second kappa shape index (κ2) is 6.19. The first-order valence-corrected chi connectivity index (χ1v) is 6.38. The van der Waals surface area contributed by atoms with E-state index in [1.165, 1.54) is 12.1 Å². The molecule has 2 rings (SSSR count). The standard InChI is InChI=1S/C13H11BBrFO3/c15-10-3-6-13(12(7-10)14(17)18)19-8-9-1-4-11(16)5-2-9/h1-7,17-18H,8H2. The molecule has 0 unspecified atom stereocenters. The fourth-order valence-electron chi connectivity index (χ4n) is 1.59. The minimum atomic E-state index is -1.61. The first-order chi connectivity index (χ1) is 9.06. The summed E-state index contributed by atoms with van der Waals surface area (Å²) in [5.41, 5.74) is 1.07. The zero-order valence-corrected chi connectivity index (χ0v) is 11.5. The van der Waals surface area contributed by atoms with Crippen molar-refractivity contribution in [3.8, 4) is 5.75 Å². The van der Waals surface area contributed by atoms with Crippen molar-refractivity contribution in [3.63, 3.8) is 0 Å². The molecule has 2 aromatic rings. The highest BCUT2D eigenvalue weighted by atomic mass is 79.9. The topological polar surface area (TPSA) is 49.7 Å². The van der Waals surface area contributed by atoms with Gasteiger partial charge in [-0.1, -0.05) is 28.1 Å². The van der Waals surface area contributed by atoms with Crippen LogP contribution in [-0.2, 0) is 6.61 Å². The van der Waals surface area contributed by atoms with Crippen molar-refractivity contribution < 1.29 is 19.2 Å². The van der Waals surface area contributed by atoms with E-state index in [-0.39, 0.29) is 17.9 Å². The van der Waals surface area contributed by atoms with E-state index in [0.717, 1.165) is 10.0 Å². The van der Waals surface area contributed by atoms with Crippen molar-refractivity contribution >= 4 is 28.5 Å². The third-order valence-corrected chi connectivity index (χ3v) is 3.05. The van der Waals surface area contributed by atoms with Gasteiger partial charge in [-0.2, -0.15) is 0 Å². The summed E-state index contributed by atoms with van der Waals surface area (Å²) >= 11 is 3.25. The van der Waals surface area contributed by atoms with Crippen molar-refractivity contribution in [2.24, 2.45) is 0 Å². The normalized spacial score (nSPS) is 10.3. The molecule has 0 radical (unpaired) electrons. The van der Waals surface area contributed by atoms with Crippen LogP contribution in [0.25, 0.3) is 0 Å². The molecule has 0 saturated heterocycles. The molecule has 0 aliphatic heterocycles. The maximum atomic E-state index is 12.8. The Kier molecular flexibility index (Phi) is 4.58. The van der Waals surface area contributed by atoms with Gasteiger partial charge in [0.25, 0.3) is 0 Å². The SMILES string of the molecule is OB(O)c1cc(Br)ccc1OCc1ccc(F)cc1. The Morgan fingerprint density at radius 2 is 1.79 bits per heavy atom. The lowest BCUT2D eigenvalue weighted by molar-refractivity contribution is 0.306. The number of hydrogen-bond donors (Lipinski definition) is 2. The van der Waals surface area contributed by atoms with Gasteiger partial charge in [-0.3, -0.25) is 0 Å². The van der Waals surface area contributed by atoms with E-state index in [1.54, 1.807) is 30.3 Å². The summed E-state index contributed by atoms with van der Waals surface area (Å²) in [6, 6.07) is 10.9. The lowest BCUT2D eigenvalue weighted by Gasteiger charge is -2.11. The summed E-state index contributed by atoms with van der Waals surface area (Å²) < 4.78 is 19.0. The summed E-state index contributed by atoms with van der Waals surface area (Å²) in [6.07, 6.45) is 0. The van der Waals surface area contributed by atoms with Gasteiger partial charge in [-0.25, -0.2) is 4.39 Å². The van der Waals surface area contributed by atoms with Gasteiger partial charge in [0, 0.05) is 9.94 Å². The average Bonchev–Trinajstić information content (AvgIpc) is 2.39. The van der Waals surface area contributed by atoms with Crippen LogP contribution in [0.4, 0.5) is 4.39 Å². The highest BCUT2D eigenvalue weighted by molar-refractivity contribution is 9.10. The van der Waals surface area contributed by atoms with Crippen LogP contribution < -0.4 is 10.2 Å². The van der Waals surface area contributed by atoms with Gasteiger partial charge in [0.05, 0.1) is 0 Å². The van der Waals surface area contributed by atoms with E-state index in [2.05, 4.69) is 15.9 Å². The molecule has 0 spiro atoms. The molecule has 0 aromatic heterocycles. The molecule has 0 saturated carbocycles. The van der Waals surface area contributed by atoms with Crippen molar-refractivity contribution in [1.82, 2.24) is 0 Å².